The SMILES string of the molecule is CC1(C)CCCCC1.N. The van der Waals surface area contributed by atoms with Crippen LogP contribution in [0.15, 0.2) is 0 Å². The van der Waals surface area contributed by atoms with E-state index in [4.69, 9.17) is 0 Å². The lowest BCUT2D eigenvalue weighted by molar-refractivity contribution is 0.244. The average Bonchev–Trinajstić information content (AvgIpc) is 1.65. The van der Waals surface area contributed by atoms with Crippen molar-refractivity contribution in [1.82, 2.24) is 6.15 Å². The van der Waals surface area contributed by atoms with E-state index >= 15 is 0 Å². The highest BCUT2D eigenvalue weighted by atomic mass is 14.3. The van der Waals surface area contributed by atoms with Crippen molar-refractivity contribution in [3.8, 4) is 0 Å². The molecule has 0 aliphatic heterocycles. The van der Waals surface area contributed by atoms with E-state index in [0.717, 1.165) is 0 Å². The van der Waals surface area contributed by atoms with Gasteiger partial charge in [0.25, 0.3) is 0 Å². The molecule has 0 unspecified atom stereocenters. The lowest BCUT2D eigenvalue weighted by Gasteiger charge is -2.28. The summed E-state index contributed by atoms with van der Waals surface area (Å²) in [5.74, 6) is 0. The second-order valence-corrected chi connectivity index (χ2v) is 3.72. The Hall–Kier alpha value is -0.0400. The van der Waals surface area contributed by atoms with Crippen LogP contribution in [-0.2, 0) is 0 Å². The third-order valence-corrected chi connectivity index (χ3v) is 2.21. The maximum atomic E-state index is 2.38. The van der Waals surface area contributed by atoms with Gasteiger partial charge < -0.3 is 6.15 Å². The summed E-state index contributed by atoms with van der Waals surface area (Å²) in [7, 11) is 0. The Bertz CT molecular complexity index is 68.6. The predicted molar refractivity (Wildman–Crippen MR) is 41.9 cm³/mol. The molecular formula is C8H19N. The Balaban J connectivity index is 0.000000640. The van der Waals surface area contributed by atoms with Crippen molar-refractivity contribution in [2.24, 2.45) is 5.41 Å². The second-order valence-electron chi connectivity index (χ2n) is 3.72. The molecule has 0 atom stereocenters. The minimum atomic E-state index is 0. The highest BCUT2D eigenvalue weighted by molar-refractivity contribution is 4.72. The first-order valence-corrected chi connectivity index (χ1v) is 3.71. The Morgan fingerprint density at radius 1 is 0.889 bits per heavy atom. The van der Waals surface area contributed by atoms with Gasteiger partial charge in [-0.2, -0.15) is 0 Å². The molecule has 1 rings (SSSR count). The highest BCUT2D eigenvalue weighted by Crippen LogP contribution is 2.34. The molecule has 1 saturated carbocycles. The van der Waals surface area contributed by atoms with Gasteiger partial charge in [0.15, 0.2) is 0 Å². The third-order valence-electron chi connectivity index (χ3n) is 2.21. The molecule has 0 aromatic heterocycles. The molecule has 1 aliphatic carbocycles. The van der Waals surface area contributed by atoms with Gasteiger partial charge in [0, 0.05) is 0 Å². The van der Waals surface area contributed by atoms with Gasteiger partial charge in [0.05, 0.1) is 0 Å². The van der Waals surface area contributed by atoms with E-state index in [9.17, 15) is 0 Å². The summed E-state index contributed by atoms with van der Waals surface area (Å²) in [5, 5.41) is 0. The number of rotatable bonds is 0. The van der Waals surface area contributed by atoms with Crippen LogP contribution in [0, 0.1) is 5.41 Å². The first kappa shape index (κ1) is 8.96. The normalized spacial score (nSPS) is 24.7. The highest BCUT2D eigenvalue weighted by Gasteiger charge is 2.19. The van der Waals surface area contributed by atoms with Crippen LogP contribution in [0.3, 0.4) is 0 Å². The Morgan fingerprint density at radius 2 is 1.33 bits per heavy atom. The predicted octanol–water partition coefficient (Wildman–Crippen LogP) is 3.14. The summed E-state index contributed by atoms with van der Waals surface area (Å²) >= 11 is 0. The molecule has 1 nitrogen and oxygen atoms in total. The topological polar surface area (TPSA) is 35.0 Å². The van der Waals surface area contributed by atoms with Gasteiger partial charge in [-0.3, -0.25) is 0 Å². The van der Waals surface area contributed by atoms with Gasteiger partial charge in [-0.1, -0.05) is 33.1 Å². The molecule has 0 saturated heterocycles. The monoisotopic (exact) mass is 129 g/mol. The molecule has 0 amide bonds. The summed E-state index contributed by atoms with van der Waals surface area (Å²) in [6.07, 6.45) is 7.31. The molecule has 0 radical (unpaired) electrons. The fourth-order valence-corrected chi connectivity index (χ4v) is 1.51. The first-order valence-electron chi connectivity index (χ1n) is 3.71. The molecule has 0 bridgehead atoms. The smallest absolute Gasteiger partial charge is 0.0354 e. The van der Waals surface area contributed by atoms with Crippen LogP contribution in [0.2, 0.25) is 0 Å². The molecule has 1 aliphatic rings. The summed E-state index contributed by atoms with van der Waals surface area (Å²) in [5.41, 5.74) is 0.679. The van der Waals surface area contributed by atoms with Gasteiger partial charge >= 0.3 is 0 Å². The van der Waals surface area contributed by atoms with E-state index in [2.05, 4.69) is 13.8 Å². The van der Waals surface area contributed by atoms with E-state index in [1.165, 1.54) is 32.1 Å². The van der Waals surface area contributed by atoms with Crippen LogP contribution in [0.4, 0.5) is 0 Å². The van der Waals surface area contributed by atoms with Gasteiger partial charge in [-0.25, -0.2) is 0 Å². The number of hydrogen-bond acceptors (Lipinski definition) is 1. The van der Waals surface area contributed by atoms with Crippen molar-refractivity contribution < 1.29 is 0 Å². The summed E-state index contributed by atoms with van der Waals surface area (Å²) in [4.78, 5) is 0. The maximum absolute atomic E-state index is 2.38. The van der Waals surface area contributed by atoms with Crippen molar-refractivity contribution >= 4 is 0 Å². The van der Waals surface area contributed by atoms with Crippen LogP contribution < -0.4 is 6.15 Å². The molecule has 1 heteroatoms. The van der Waals surface area contributed by atoms with Crippen molar-refractivity contribution in [1.29, 1.82) is 0 Å². The minimum absolute atomic E-state index is 0. The zero-order chi connectivity index (χ0) is 6.04. The van der Waals surface area contributed by atoms with Crippen LogP contribution in [0.1, 0.15) is 46.0 Å². The summed E-state index contributed by atoms with van der Waals surface area (Å²) in [6, 6.07) is 0. The van der Waals surface area contributed by atoms with Gasteiger partial charge in [-0.15, -0.1) is 0 Å². The van der Waals surface area contributed by atoms with Crippen LogP contribution in [-0.4, -0.2) is 0 Å². The van der Waals surface area contributed by atoms with Gasteiger partial charge in [0.2, 0.25) is 0 Å². The van der Waals surface area contributed by atoms with Crippen LogP contribution in [0.5, 0.6) is 0 Å². The summed E-state index contributed by atoms with van der Waals surface area (Å²) in [6.45, 7) is 4.76. The largest absolute Gasteiger partial charge is 0.344 e. The number of hydrogen-bond donors (Lipinski definition) is 1. The van der Waals surface area contributed by atoms with Gasteiger partial charge in [-0.05, 0) is 18.3 Å². The molecule has 0 spiro atoms. The summed E-state index contributed by atoms with van der Waals surface area (Å²) < 4.78 is 0. The fourth-order valence-electron chi connectivity index (χ4n) is 1.51. The molecule has 0 aromatic carbocycles. The molecule has 1 fully saturated rings. The van der Waals surface area contributed by atoms with E-state index < -0.39 is 0 Å². The van der Waals surface area contributed by atoms with Crippen LogP contribution >= 0.6 is 0 Å². The molecule has 3 N–H and O–H groups in total. The standard InChI is InChI=1S/C8H16.H3N/c1-8(2)6-4-3-5-7-8;/h3-7H2,1-2H3;1H3. The quantitative estimate of drug-likeness (QED) is 0.535. The lowest BCUT2D eigenvalue weighted by atomic mass is 9.78. The Kier molecular flexibility index (Phi) is 3.20. The molecule has 0 heterocycles. The fraction of sp³-hybridized carbons (Fsp3) is 1.00. The van der Waals surface area contributed by atoms with Gasteiger partial charge in [0.1, 0.15) is 0 Å². The Labute approximate surface area is 58.4 Å². The van der Waals surface area contributed by atoms with Crippen LogP contribution in [0.25, 0.3) is 0 Å². The van der Waals surface area contributed by atoms with Crippen molar-refractivity contribution in [3.63, 3.8) is 0 Å². The average molecular weight is 129 g/mol. The van der Waals surface area contributed by atoms with E-state index in [0.29, 0.717) is 5.41 Å². The molecule has 9 heavy (non-hydrogen) atoms. The van der Waals surface area contributed by atoms with Crippen molar-refractivity contribution in [2.75, 3.05) is 0 Å². The van der Waals surface area contributed by atoms with E-state index in [1.807, 2.05) is 0 Å². The van der Waals surface area contributed by atoms with E-state index in [-0.39, 0.29) is 6.15 Å². The molecular weight excluding hydrogens is 110 g/mol. The minimum Gasteiger partial charge on any atom is -0.344 e. The zero-order valence-corrected chi connectivity index (χ0v) is 6.74. The first-order chi connectivity index (χ1) is 3.71. The van der Waals surface area contributed by atoms with Crippen molar-refractivity contribution in [3.05, 3.63) is 0 Å². The molecule has 0 aromatic rings. The van der Waals surface area contributed by atoms with Crippen molar-refractivity contribution in [2.45, 2.75) is 46.0 Å². The van der Waals surface area contributed by atoms with E-state index in [1.54, 1.807) is 0 Å². The third kappa shape index (κ3) is 2.85. The Morgan fingerprint density at radius 3 is 1.56 bits per heavy atom. The second kappa shape index (κ2) is 3.21. The maximum Gasteiger partial charge on any atom is -0.0354 e. The zero-order valence-electron chi connectivity index (χ0n) is 6.74. The lowest BCUT2D eigenvalue weighted by Crippen LogP contribution is -2.14. The molecule has 56 valence electrons.